The van der Waals surface area contributed by atoms with Crippen molar-refractivity contribution in [2.24, 2.45) is 0 Å². The van der Waals surface area contributed by atoms with Crippen LogP contribution in [0, 0.1) is 0 Å². The van der Waals surface area contributed by atoms with E-state index in [2.05, 4.69) is 10.6 Å². The van der Waals surface area contributed by atoms with Crippen molar-refractivity contribution in [3.8, 4) is 0 Å². The van der Waals surface area contributed by atoms with E-state index in [1.54, 1.807) is 0 Å². The Morgan fingerprint density at radius 3 is 2.23 bits per heavy atom. The molecular formula is C19H31BN2O4. The second-order valence-corrected chi connectivity index (χ2v) is 8.53. The minimum atomic E-state index is -0.499. The second kappa shape index (κ2) is 7.49. The number of para-hydroxylation sites is 1. The molecule has 2 N–H and O–H groups in total. The monoisotopic (exact) mass is 362 g/mol. The standard InChI is InChI=1S/C19H31BN2O4/c1-17(2,3)24-16(23)22-13-12-21-15-11-9-8-10-14(15)20-25-18(4,5)19(6,7)26-20/h8-11,21H,12-13H2,1-7H3,(H,22,23). The zero-order valence-electron chi connectivity index (χ0n) is 16.9. The molecule has 6 nitrogen and oxygen atoms in total. The van der Waals surface area contributed by atoms with Crippen LogP contribution in [0.4, 0.5) is 10.5 Å². The molecule has 1 aliphatic heterocycles. The maximum absolute atomic E-state index is 11.7. The summed E-state index contributed by atoms with van der Waals surface area (Å²) in [6, 6.07) is 7.89. The average molecular weight is 362 g/mol. The van der Waals surface area contributed by atoms with E-state index < -0.39 is 18.8 Å². The van der Waals surface area contributed by atoms with Crippen LogP contribution in [0.2, 0.25) is 0 Å². The topological polar surface area (TPSA) is 68.8 Å². The summed E-state index contributed by atoms with van der Waals surface area (Å²) < 4.78 is 17.5. The lowest BCUT2D eigenvalue weighted by Gasteiger charge is -2.32. The molecule has 7 heteroatoms. The van der Waals surface area contributed by atoms with Gasteiger partial charge >= 0.3 is 13.2 Å². The van der Waals surface area contributed by atoms with Crippen LogP contribution in [0.1, 0.15) is 48.5 Å². The van der Waals surface area contributed by atoms with E-state index in [1.165, 1.54) is 0 Å². The van der Waals surface area contributed by atoms with Crippen molar-refractivity contribution in [1.29, 1.82) is 0 Å². The first-order valence-electron chi connectivity index (χ1n) is 9.07. The van der Waals surface area contributed by atoms with Crippen LogP contribution in [0.25, 0.3) is 0 Å². The molecule has 1 fully saturated rings. The number of carbonyl (C=O) groups is 1. The number of amides is 1. The third kappa shape index (κ3) is 5.14. The van der Waals surface area contributed by atoms with Gasteiger partial charge in [-0.25, -0.2) is 4.79 Å². The zero-order chi connectivity index (χ0) is 19.6. The van der Waals surface area contributed by atoms with Crippen LogP contribution in [0.15, 0.2) is 24.3 Å². The molecule has 2 rings (SSSR count). The predicted octanol–water partition coefficient (Wildman–Crippen LogP) is 2.92. The SMILES string of the molecule is CC(C)(C)OC(=O)NCCNc1ccccc1B1OC(C)(C)C(C)(C)O1. The minimum Gasteiger partial charge on any atom is -0.444 e. The molecule has 1 heterocycles. The molecule has 0 bridgehead atoms. The Bertz CT molecular complexity index is 625. The van der Waals surface area contributed by atoms with Gasteiger partial charge in [0.1, 0.15) is 5.60 Å². The highest BCUT2D eigenvalue weighted by atomic mass is 16.7. The number of rotatable bonds is 5. The van der Waals surface area contributed by atoms with Crippen LogP contribution in [-0.4, -0.2) is 43.1 Å². The minimum absolute atomic E-state index is 0.386. The average Bonchev–Trinajstić information content (AvgIpc) is 2.70. The molecule has 0 spiro atoms. The number of hydrogen-bond donors (Lipinski definition) is 2. The van der Waals surface area contributed by atoms with Crippen molar-refractivity contribution in [2.45, 2.75) is 65.3 Å². The van der Waals surface area contributed by atoms with Crippen molar-refractivity contribution in [3.63, 3.8) is 0 Å². The van der Waals surface area contributed by atoms with Crippen molar-refractivity contribution in [2.75, 3.05) is 18.4 Å². The van der Waals surface area contributed by atoms with Crippen molar-refractivity contribution >= 4 is 24.4 Å². The molecule has 0 radical (unpaired) electrons. The normalized spacial score (nSPS) is 18.5. The Kier molecular flexibility index (Phi) is 5.93. The number of nitrogens with one attached hydrogen (secondary N) is 2. The first kappa shape index (κ1) is 20.6. The summed E-state index contributed by atoms with van der Waals surface area (Å²) in [5.74, 6) is 0. The molecule has 1 aliphatic rings. The number of hydrogen-bond acceptors (Lipinski definition) is 5. The van der Waals surface area contributed by atoms with Crippen LogP contribution < -0.4 is 16.1 Å². The van der Waals surface area contributed by atoms with Gasteiger partial charge in [0, 0.05) is 24.2 Å². The van der Waals surface area contributed by atoms with Crippen LogP contribution in [0.5, 0.6) is 0 Å². The maximum Gasteiger partial charge on any atom is 0.496 e. The quantitative estimate of drug-likeness (QED) is 0.623. The molecule has 0 aromatic heterocycles. The number of benzene rings is 1. The van der Waals surface area contributed by atoms with E-state index in [0.717, 1.165) is 11.2 Å². The molecule has 1 amide bonds. The van der Waals surface area contributed by atoms with E-state index in [0.29, 0.717) is 13.1 Å². The highest BCUT2D eigenvalue weighted by Gasteiger charge is 2.52. The van der Waals surface area contributed by atoms with Gasteiger partial charge in [-0.2, -0.15) is 0 Å². The van der Waals surface area contributed by atoms with Crippen LogP contribution in [-0.2, 0) is 14.0 Å². The molecular weight excluding hydrogens is 331 g/mol. The summed E-state index contributed by atoms with van der Waals surface area (Å²) in [5, 5.41) is 6.07. The summed E-state index contributed by atoms with van der Waals surface area (Å²) in [4.78, 5) is 11.7. The molecule has 1 aromatic rings. The van der Waals surface area contributed by atoms with Gasteiger partial charge < -0.3 is 24.7 Å². The summed E-state index contributed by atoms with van der Waals surface area (Å²) >= 11 is 0. The third-order valence-corrected chi connectivity index (χ3v) is 4.58. The first-order valence-corrected chi connectivity index (χ1v) is 9.07. The van der Waals surface area contributed by atoms with Crippen molar-refractivity contribution in [1.82, 2.24) is 5.32 Å². The highest BCUT2D eigenvalue weighted by Crippen LogP contribution is 2.36. The summed E-state index contributed by atoms with van der Waals surface area (Å²) in [6.07, 6.45) is -0.418. The molecule has 144 valence electrons. The molecule has 0 saturated carbocycles. The van der Waals surface area contributed by atoms with E-state index >= 15 is 0 Å². The van der Waals surface area contributed by atoms with Crippen molar-refractivity contribution < 1.29 is 18.8 Å². The van der Waals surface area contributed by atoms with Gasteiger partial charge in [0.15, 0.2) is 0 Å². The Hall–Kier alpha value is -1.73. The molecule has 0 aliphatic carbocycles. The van der Waals surface area contributed by atoms with Crippen LogP contribution in [0.3, 0.4) is 0 Å². The van der Waals surface area contributed by atoms with Gasteiger partial charge in [0.25, 0.3) is 0 Å². The summed E-state index contributed by atoms with van der Waals surface area (Å²) in [5.41, 5.74) is 0.605. The molecule has 0 atom stereocenters. The third-order valence-electron chi connectivity index (χ3n) is 4.58. The van der Waals surface area contributed by atoms with Gasteiger partial charge in [-0.15, -0.1) is 0 Å². The number of anilines is 1. The van der Waals surface area contributed by atoms with E-state index in [9.17, 15) is 4.79 Å². The molecule has 26 heavy (non-hydrogen) atoms. The van der Waals surface area contributed by atoms with Crippen LogP contribution >= 0.6 is 0 Å². The second-order valence-electron chi connectivity index (χ2n) is 8.53. The summed E-state index contributed by atoms with van der Waals surface area (Å²) in [7, 11) is -0.428. The smallest absolute Gasteiger partial charge is 0.444 e. The summed E-state index contributed by atoms with van der Waals surface area (Å²) in [6.45, 7) is 14.7. The Morgan fingerprint density at radius 2 is 1.65 bits per heavy atom. The predicted molar refractivity (Wildman–Crippen MR) is 105 cm³/mol. The fraction of sp³-hybridized carbons (Fsp3) is 0.632. The number of alkyl carbamates (subject to hydrolysis) is 1. The maximum atomic E-state index is 11.7. The number of carbonyl (C=O) groups excluding carboxylic acids is 1. The number of ether oxygens (including phenoxy) is 1. The van der Waals surface area contributed by atoms with Crippen molar-refractivity contribution in [3.05, 3.63) is 24.3 Å². The lowest BCUT2D eigenvalue weighted by atomic mass is 9.78. The molecule has 1 saturated heterocycles. The van der Waals surface area contributed by atoms with E-state index in [-0.39, 0.29) is 11.2 Å². The van der Waals surface area contributed by atoms with E-state index in [1.807, 2.05) is 72.7 Å². The lowest BCUT2D eigenvalue weighted by molar-refractivity contribution is 0.00578. The van der Waals surface area contributed by atoms with Gasteiger partial charge in [-0.3, -0.25) is 0 Å². The fourth-order valence-corrected chi connectivity index (χ4v) is 2.51. The molecule has 0 unspecified atom stereocenters. The Balaban J connectivity index is 1.93. The zero-order valence-corrected chi connectivity index (χ0v) is 16.9. The van der Waals surface area contributed by atoms with Gasteiger partial charge in [0.05, 0.1) is 11.2 Å². The first-order chi connectivity index (χ1) is 11.9. The van der Waals surface area contributed by atoms with Gasteiger partial charge in [-0.1, -0.05) is 18.2 Å². The fourth-order valence-electron chi connectivity index (χ4n) is 2.51. The highest BCUT2D eigenvalue weighted by molar-refractivity contribution is 6.63. The lowest BCUT2D eigenvalue weighted by Crippen LogP contribution is -2.41. The largest absolute Gasteiger partial charge is 0.496 e. The Morgan fingerprint density at radius 1 is 1.08 bits per heavy atom. The van der Waals surface area contributed by atoms with Gasteiger partial charge in [0.2, 0.25) is 0 Å². The van der Waals surface area contributed by atoms with E-state index in [4.69, 9.17) is 14.0 Å². The van der Waals surface area contributed by atoms with Gasteiger partial charge in [-0.05, 0) is 54.5 Å². The molecule has 1 aromatic carbocycles. The Labute approximate surface area is 157 Å².